The predicted octanol–water partition coefficient (Wildman–Crippen LogP) is 1.90. The van der Waals surface area contributed by atoms with Crippen LogP contribution in [0.3, 0.4) is 0 Å². The highest BCUT2D eigenvalue weighted by Gasteiger charge is 2.11. The average molecular weight is 432 g/mol. The fourth-order valence-corrected chi connectivity index (χ4v) is 2.28. The molecule has 0 aliphatic heterocycles. The van der Waals surface area contributed by atoms with Gasteiger partial charge in [-0.15, -0.1) is 24.0 Å². The van der Waals surface area contributed by atoms with E-state index in [1.54, 1.807) is 13.3 Å². The molecule has 0 spiro atoms. The summed E-state index contributed by atoms with van der Waals surface area (Å²) in [6.45, 7) is 1.33. The molecule has 23 heavy (non-hydrogen) atoms. The summed E-state index contributed by atoms with van der Waals surface area (Å²) in [5, 5.41) is 3.35. The zero-order valence-corrected chi connectivity index (χ0v) is 16.6. The largest absolute Gasteiger partial charge is 0.467 e. The maximum Gasteiger partial charge on any atom is 0.204 e. The number of guanidine groups is 1. The number of hydrogen-bond donors (Lipinski definition) is 1. The molecule has 0 bridgehead atoms. The maximum absolute atomic E-state index is 5.37. The van der Waals surface area contributed by atoms with Crippen LogP contribution in [0.15, 0.2) is 34.0 Å². The molecule has 1 N–H and O–H groups in total. The SMILES string of the molecule is CN=C(NCc1cnc(N(C)C)n1C)N(C)Cc1ccco1.I. The summed E-state index contributed by atoms with van der Waals surface area (Å²) in [4.78, 5) is 12.7. The zero-order valence-electron chi connectivity index (χ0n) is 14.3. The highest BCUT2D eigenvalue weighted by atomic mass is 127. The average Bonchev–Trinajstić information content (AvgIpc) is 3.10. The van der Waals surface area contributed by atoms with Gasteiger partial charge in [0.25, 0.3) is 0 Å². The lowest BCUT2D eigenvalue weighted by molar-refractivity contribution is 0.399. The lowest BCUT2D eigenvalue weighted by atomic mass is 10.4. The van der Waals surface area contributed by atoms with E-state index in [1.165, 1.54) is 0 Å². The van der Waals surface area contributed by atoms with Crippen molar-refractivity contribution in [2.45, 2.75) is 13.1 Å². The summed E-state index contributed by atoms with van der Waals surface area (Å²) in [5.41, 5.74) is 1.09. The van der Waals surface area contributed by atoms with Crippen LogP contribution in [0.5, 0.6) is 0 Å². The van der Waals surface area contributed by atoms with Crippen LogP contribution in [0.25, 0.3) is 0 Å². The second-order valence-corrected chi connectivity index (χ2v) is 5.34. The van der Waals surface area contributed by atoms with Crippen molar-refractivity contribution in [3.05, 3.63) is 36.0 Å². The van der Waals surface area contributed by atoms with E-state index in [4.69, 9.17) is 4.42 Å². The summed E-state index contributed by atoms with van der Waals surface area (Å²) in [5.74, 6) is 2.64. The Hall–Kier alpha value is -1.71. The van der Waals surface area contributed by atoms with Crippen LogP contribution < -0.4 is 10.2 Å². The Morgan fingerprint density at radius 3 is 2.65 bits per heavy atom. The van der Waals surface area contributed by atoms with Gasteiger partial charge in [-0.2, -0.15) is 0 Å². The molecule has 0 atom stereocenters. The molecule has 0 aliphatic carbocycles. The van der Waals surface area contributed by atoms with E-state index in [0.717, 1.165) is 23.4 Å². The van der Waals surface area contributed by atoms with Gasteiger partial charge in [-0.05, 0) is 12.1 Å². The van der Waals surface area contributed by atoms with Crippen LogP contribution in [0.4, 0.5) is 5.95 Å². The molecule has 0 aromatic carbocycles. The Morgan fingerprint density at radius 2 is 2.13 bits per heavy atom. The second-order valence-electron chi connectivity index (χ2n) is 5.34. The number of imidazole rings is 1. The Balaban J connectivity index is 0.00000264. The Labute approximate surface area is 154 Å². The monoisotopic (exact) mass is 432 g/mol. The minimum absolute atomic E-state index is 0. The van der Waals surface area contributed by atoms with E-state index in [2.05, 4.69) is 19.9 Å². The van der Waals surface area contributed by atoms with Crippen LogP contribution in [-0.4, -0.2) is 48.6 Å². The summed E-state index contributed by atoms with van der Waals surface area (Å²) in [6, 6.07) is 3.84. The van der Waals surface area contributed by atoms with Crippen molar-refractivity contribution in [2.24, 2.45) is 12.0 Å². The normalized spacial score (nSPS) is 11.1. The molecular weight excluding hydrogens is 407 g/mol. The highest BCUT2D eigenvalue weighted by Crippen LogP contribution is 2.11. The molecule has 128 valence electrons. The third-order valence-electron chi connectivity index (χ3n) is 3.43. The standard InChI is InChI=1S/C15H24N6O.HI/c1-16-14(20(4)11-13-7-6-8-22-13)17-9-12-10-18-15(19(2)3)21(12)5;/h6-8,10H,9,11H2,1-5H3,(H,16,17);1H. The molecule has 2 rings (SSSR count). The molecule has 0 fully saturated rings. The van der Waals surface area contributed by atoms with E-state index in [1.807, 2.05) is 56.3 Å². The molecule has 0 unspecified atom stereocenters. The van der Waals surface area contributed by atoms with Crippen LogP contribution in [0.1, 0.15) is 11.5 Å². The quantitative estimate of drug-likeness (QED) is 0.445. The molecule has 0 amide bonds. The third kappa shape index (κ3) is 4.88. The van der Waals surface area contributed by atoms with Crippen LogP contribution in [0.2, 0.25) is 0 Å². The number of nitrogens with zero attached hydrogens (tertiary/aromatic N) is 5. The van der Waals surface area contributed by atoms with Crippen molar-refractivity contribution in [1.82, 2.24) is 19.8 Å². The van der Waals surface area contributed by atoms with Gasteiger partial charge in [-0.3, -0.25) is 4.99 Å². The van der Waals surface area contributed by atoms with Crippen LogP contribution in [0, 0.1) is 0 Å². The number of anilines is 1. The van der Waals surface area contributed by atoms with E-state index in [0.29, 0.717) is 13.1 Å². The van der Waals surface area contributed by atoms with E-state index in [-0.39, 0.29) is 24.0 Å². The van der Waals surface area contributed by atoms with Crippen molar-refractivity contribution in [3.63, 3.8) is 0 Å². The molecular formula is C15H25IN6O. The first-order chi connectivity index (χ1) is 10.5. The van der Waals surface area contributed by atoms with Gasteiger partial charge in [0.05, 0.1) is 31.2 Å². The molecule has 8 heteroatoms. The Morgan fingerprint density at radius 1 is 1.39 bits per heavy atom. The first-order valence-electron chi connectivity index (χ1n) is 7.15. The van der Waals surface area contributed by atoms with Crippen molar-refractivity contribution in [2.75, 3.05) is 33.1 Å². The fraction of sp³-hybridized carbons (Fsp3) is 0.467. The minimum atomic E-state index is 0. The number of halogens is 1. The van der Waals surface area contributed by atoms with Crippen molar-refractivity contribution in [3.8, 4) is 0 Å². The fourth-order valence-electron chi connectivity index (χ4n) is 2.28. The smallest absolute Gasteiger partial charge is 0.204 e. The van der Waals surface area contributed by atoms with Gasteiger partial charge in [0.1, 0.15) is 5.76 Å². The lowest BCUT2D eigenvalue weighted by Crippen LogP contribution is -2.38. The van der Waals surface area contributed by atoms with Crippen molar-refractivity contribution < 1.29 is 4.42 Å². The number of aliphatic imine (C=N–C) groups is 1. The highest BCUT2D eigenvalue weighted by molar-refractivity contribution is 14.0. The number of furan rings is 1. The Bertz CT molecular complexity index is 620. The third-order valence-corrected chi connectivity index (χ3v) is 3.43. The van der Waals surface area contributed by atoms with Crippen LogP contribution in [-0.2, 0) is 20.1 Å². The first-order valence-corrected chi connectivity index (χ1v) is 7.15. The Kier molecular flexibility index (Phi) is 7.40. The number of aromatic nitrogens is 2. The van der Waals surface area contributed by atoms with Gasteiger partial charge in [-0.25, -0.2) is 4.98 Å². The van der Waals surface area contributed by atoms with Crippen molar-refractivity contribution in [1.29, 1.82) is 0 Å². The van der Waals surface area contributed by atoms with Gasteiger partial charge in [0.2, 0.25) is 5.95 Å². The van der Waals surface area contributed by atoms with Gasteiger partial charge in [-0.1, -0.05) is 0 Å². The predicted molar refractivity (Wildman–Crippen MR) is 103 cm³/mol. The second kappa shape index (κ2) is 8.80. The lowest BCUT2D eigenvalue weighted by Gasteiger charge is -2.21. The molecule has 0 saturated heterocycles. The minimum Gasteiger partial charge on any atom is -0.467 e. The van der Waals surface area contributed by atoms with Gasteiger partial charge in [0, 0.05) is 35.2 Å². The van der Waals surface area contributed by atoms with E-state index >= 15 is 0 Å². The van der Waals surface area contributed by atoms with Crippen LogP contribution >= 0.6 is 24.0 Å². The zero-order chi connectivity index (χ0) is 16.1. The topological polar surface area (TPSA) is 61.8 Å². The first kappa shape index (κ1) is 19.3. The van der Waals surface area contributed by atoms with E-state index in [9.17, 15) is 0 Å². The molecule has 2 aromatic rings. The summed E-state index contributed by atoms with van der Waals surface area (Å²) in [6.07, 6.45) is 3.56. The van der Waals surface area contributed by atoms with Gasteiger partial charge >= 0.3 is 0 Å². The molecule has 7 nitrogen and oxygen atoms in total. The molecule has 2 aromatic heterocycles. The summed E-state index contributed by atoms with van der Waals surface area (Å²) in [7, 11) is 9.72. The number of hydrogen-bond acceptors (Lipinski definition) is 4. The summed E-state index contributed by atoms with van der Waals surface area (Å²) < 4.78 is 7.43. The molecule has 0 aliphatic rings. The molecule has 2 heterocycles. The number of nitrogens with one attached hydrogen (secondary N) is 1. The number of rotatable bonds is 5. The maximum atomic E-state index is 5.37. The van der Waals surface area contributed by atoms with Gasteiger partial charge < -0.3 is 24.1 Å². The van der Waals surface area contributed by atoms with Gasteiger partial charge in [0.15, 0.2) is 5.96 Å². The van der Waals surface area contributed by atoms with Crippen molar-refractivity contribution >= 4 is 35.9 Å². The molecule has 0 radical (unpaired) electrons. The molecule has 0 saturated carbocycles. The summed E-state index contributed by atoms with van der Waals surface area (Å²) >= 11 is 0. The van der Waals surface area contributed by atoms with E-state index < -0.39 is 0 Å².